The molecule has 1 amide bonds. The van der Waals surface area contributed by atoms with E-state index in [1.54, 1.807) is 4.90 Å². The van der Waals surface area contributed by atoms with Crippen molar-refractivity contribution in [2.75, 3.05) is 26.2 Å². The van der Waals surface area contributed by atoms with Gasteiger partial charge in [-0.3, -0.25) is 19.8 Å². The number of rotatable bonds is 5. The number of carbonyl (C=O) groups is 1. The molecule has 172 valence electrons. The number of hydrogen-bond donors (Lipinski definition) is 0. The molecule has 2 heterocycles. The Bertz CT molecular complexity index is 1160. The Morgan fingerprint density at radius 2 is 1.79 bits per heavy atom. The first-order valence-corrected chi connectivity index (χ1v) is 9.97. The molecular weight excluding hydrogens is 443 g/mol. The molecule has 0 bridgehead atoms. The first-order valence-electron chi connectivity index (χ1n) is 9.97. The molecule has 0 radical (unpaired) electrons. The number of nitrogens with zero attached hydrogens (tertiary/aromatic N) is 5. The number of amides is 1. The maximum atomic E-state index is 12.9. The maximum Gasteiger partial charge on any atom is 0.416 e. The molecule has 1 saturated heterocycles. The zero-order valence-electron chi connectivity index (χ0n) is 17.2. The van der Waals surface area contributed by atoms with Crippen LogP contribution in [0.1, 0.15) is 21.8 Å². The number of piperazine rings is 1. The highest BCUT2D eigenvalue weighted by Gasteiger charge is 2.31. The third-order valence-electron chi connectivity index (χ3n) is 5.26. The predicted molar refractivity (Wildman–Crippen MR) is 109 cm³/mol. The summed E-state index contributed by atoms with van der Waals surface area (Å²) in [5.41, 5.74) is -0.296. The Hall–Kier alpha value is -3.80. The van der Waals surface area contributed by atoms with Gasteiger partial charge in [0.25, 0.3) is 11.6 Å². The average Bonchev–Trinajstić information content (AvgIpc) is 3.27. The summed E-state index contributed by atoms with van der Waals surface area (Å²) in [6, 6.07) is 10.2. The van der Waals surface area contributed by atoms with Crippen LogP contribution in [0, 0.1) is 10.1 Å². The minimum Gasteiger partial charge on any atom is -0.338 e. The Balaban J connectivity index is 1.34. The van der Waals surface area contributed by atoms with Gasteiger partial charge in [0.2, 0.25) is 11.7 Å². The van der Waals surface area contributed by atoms with Gasteiger partial charge < -0.3 is 9.42 Å². The van der Waals surface area contributed by atoms with Gasteiger partial charge >= 0.3 is 6.18 Å². The van der Waals surface area contributed by atoms with Crippen LogP contribution in [0.3, 0.4) is 0 Å². The molecule has 0 atom stereocenters. The first kappa shape index (κ1) is 22.4. The largest absolute Gasteiger partial charge is 0.416 e. The smallest absolute Gasteiger partial charge is 0.338 e. The van der Waals surface area contributed by atoms with Crippen LogP contribution in [0.25, 0.3) is 11.4 Å². The van der Waals surface area contributed by atoms with E-state index in [-0.39, 0.29) is 28.9 Å². The molecule has 0 aliphatic carbocycles. The lowest BCUT2D eigenvalue weighted by atomic mass is 10.1. The highest BCUT2D eigenvalue weighted by Crippen LogP contribution is 2.31. The molecule has 33 heavy (non-hydrogen) atoms. The van der Waals surface area contributed by atoms with Gasteiger partial charge in [-0.2, -0.15) is 18.2 Å². The van der Waals surface area contributed by atoms with E-state index >= 15 is 0 Å². The van der Waals surface area contributed by atoms with Gasteiger partial charge in [-0.15, -0.1) is 0 Å². The van der Waals surface area contributed by atoms with Crippen LogP contribution in [0.5, 0.6) is 0 Å². The number of nitro benzene ring substituents is 1. The van der Waals surface area contributed by atoms with Crippen molar-refractivity contribution in [3.63, 3.8) is 0 Å². The zero-order chi connectivity index (χ0) is 23.6. The van der Waals surface area contributed by atoms with Gasteiger partial charge in [-0.25, -0.2) is 0 Å². The summed E-state index contributed by atoms with van der Waals surface area (Å²) < 4.78 is 44.0. The minimum absolute atomic E-state index is 0.0723. The average molecular weight is 461 g/mol. The fourth-order valence-electron chi connectivity index (χ4n) is 3.48. The Morgan fingerprint density at radius 1 is 1.09 bits per heavy atom. The molecule has 0 N–H and O–H groups in total. The van der Waals surface area contributed by atoms with Crippen molar-refractivity contribution >= 4 is 11.6 Å². The van der Waals surface area contributed by atoms with Crippen molar-refractivity contribution in [3.8, 4) is 11.4 Å². The van der Waals surface area contributed by atoms with Crippen LogP contribution in [0.4, 0.5) is 18.9 Å². The number of alkyl halides is 3. The summed E-state index contributed by atoms with van der Waals surface area (Å²) in [6.45, 7) is 2.22. The number of non-ortho nitro benzene ring substituents is 1. The molecule has 1 aliphatic heterocycles. The lowest BCUT2D eigenvalue weighted by Gasteiger charge is -2.34. The topological polar surface area (TPSA) is 106 Å². The summed E-state index contributed by atoms with van der Waals surface area (Å²) in [5.74, 6) is 0.120. The van der Waals surface area contributed by atoms with E-state index in [1.165, 1.54) is 36.4 Å². The third-order valence-corrected chi connectivity index (χ3v) is 5.26. The standard InChI is InChI=1S/C21H18F3N5O4/c22-21(23,24)16-3-1-2-15(12-16)19-25-18(33-26-19)13-27-8-10-28(11-9-27)20(30)14-4-6-17(7-5-14)29(31)32/h1-7,12H,8-11,13H2. The summed E-state index contributed by atoms with van der Waals surface area (Å²) in [7, 11) is 0. The number of carbonyl (C=O) groups excluding carboxylic acids is 1. The van der Waals surface area contributed by atoms with Gasteiger partial charge in [-0.05, 0) is 24.3 Å². The fraction of sp³-hybridized carbons (Fsp3) is 0.286. The molecule has 2 aromatic carbocycles. The van der Waals surface area contributed by atoms with E-state index in [9.17, 15) is 28.1 Å². The van der Waals surface area contributed by atoms with Crippen molar-refractivity contribution in [1.29, 1.82) is 0 Å². The molecule has 1 aromatic heterocycles. The zero-order valence-corrected chi connectivity index (χ0v) is 17.2. The van der Waals surface area contributed by atoms with E-state index in [4.69, 9.17) is 4.52 Å². The van der Waals surface area contributed by atoms with Gasteiger partial charge in [0.1, 0.15) is 0 Å². The normalized spacial score (nSPS) is 14.9. The lowest BCUT2D eigenvalue weighted by Crippen LogP contribution is -2.48. The van der Waals surface area contributed by atoms with Crippen LogP contribution < -0.4 is 0 Å². The minimum atomic E-state index is -4.46. The van der Waals surface area contributed by atoms with Crippen molar-refractivity contribution in [3.05, 3.63) is 75.7 Å². The maximum absolute atomic E-state index is 12.9. The number of benzene rings is 2. The van der Waals surface area contributed by atoms with Crippen molar-refractivity contribution in [2.45, 2.75) is 12.7 Å². The van der Waals surface area contributed by atoms with Crippen LogP contribution in [-0.2, 0) is 12.7 Å². The van der Waals surface area contributed by atoms with E-state index in [0.29, 0.717) is 38.3 Å². The number of halogens is 3. The van der Waals surface area contributed by atoms with Crippen LogP contribution in [0.15, 0.2) is 53.1 Å². The summed E-state index contributed by atoms with van der Waals surface area (Å²) in [4.78, 5) is 30.7. The first-order chi connectivity index (χ1) is 15.7. The lowest BCUT2D eigenvalue weighted by molar-refractivity contribution is -0.384. The molecule has 12 heteroatoms. The van der Waals surface area contributed by atoms with Crippen LogP contribution in [0.2, 0.25) is 0 Å². The Morgan fingerprint density at radius 3 is 2.42 bits per heavy atom. The molecular formula is C21H18F3N5O4. The highest BCUT2D eigenvalue weighted by atomic mass is 19.4. The van der Waals surface area contributed by atoms with Gasteiger partial charge in [0, 0.05) is 49.4 Å². The summed E-state index contributed by atoms with van der Waals surface area (Å²) in [6.07, 6.45) is -4.46. The molecule has 0 spiro atoms. The monoisotopic (exact) mass is 461 g/mol. The second-order valence-electron chi connectivity index (χ2n) is 7.46. The second kappa shape index (κ2) is 8.98. The van der Waals surface area contributed by atoms with Gasteiger partial charge in [0.15, 0.2) is 0 Å². The van der Waals surface area contributed by atoms with Gasteiger partial charge in [-0.1, -0.05) is 17.3 Å². The van der Waals surface area contributed by atoms with E-state index in [2.05, 4.69) is 10.1 Å². The summed E-state index contributed by atoms with van der Waals surface area (Å²) in [5, 5.41) is 14.5. The molecule has 1 aliphatic rings. The quantitative estimate of drug-likeness (QED) is 0.422. The molecule has 0 saturated carbocycles. The van der Waals surface area contributed by atoms with Crippen LogP contribution >= 0.6 is 0 Å². The van der Waals surface area contributed by atoms with Crippen molar-refractivity contribution in [1.82, 2.24) is 19.9 Å². The Kier molecular flexibility index (Phi) is 6.09. The third kappa shape index (κ3) is 5.17. The SMILES string of the molecule is O=C(c1ccc([N+](=O)[O-])cc1)N1CCN(Cc2nc(-c3cccc(C(F)(F)F)c3)no2)CC1. The molecule has 1 fully saturated rings. The molecule has 0 unspecified atom stereocenters. The molecule has 3 aromatic rings. The molecule has 9 nitrogen and oxygen atoms in total. The van der Waals surface area contributed by atoms with Crippen molar-refractivity contribution in [2.24, 2.45) is 0 Å². The van der Waals surface area contributed by atoms with E-state index < -0.39 is 16.7 Å². The van der Waals surface area contributed by atoms with Gasteiger partial charge in [0.05, 0.1) is 17.0 Å². The highest BCUT2D eigenvalue weighted by molar-refractivity contribution is 5.94. The fourth-order valence-corrected chi connectivity index (χ4v) is 3.48. The molecule has 4 rings (SSSR count). The predicted octanol–water partition coefficient (Wildman–Crippen LogP) is 3.62. The number of nitro groups is 1. The van der Waals surface area contributed by atoms with E-state index in [1.807, 2.05) is 4.90 Å². The Labute approximate surface area is 185 Å². The van der Waals surface area contributed by atoms with Crippen LogP contribution in [-0.4, -0.2) is 56.9 Å². The number of aromatic nitrogens is 2. The second-order valence-corrected chi connectivity index (χ2v) is 7.46. The van der Waals surface area contributed by atoms with E-state index in [0.717, 1.165) is 12.1 Å². The summed E-state index contributed by atoms with van der Waals surface area (Å²) >= 11 is 0. The van der Waals surface area contributed by atoms with Crippen molar-refractivity contribution < 1.29 is 27.4 Å². The number of hydrogen-bond acceptors (Lipinski definition) is 7.